The third kappa shape index (κ3) is 2.34. The van der Waals surface area contributed by atoms with Gasteiger partial charge in [-0.05, 0) is 33.1 Å². The van der Waals surface area contributed by atoms with Crippen molar-refractivity contribution in [1.29, 1.82) is 0 Å². The molecule has 1 N–H and O–H groups in total. The molecule has 0 radical (unpaired) electrons. The van der Waals surface area contributed by atoms with Gasteiger partial charge in [-0.25, -0.2) is 0 Å². The summed E-state index contributed by atoms with van der Waals surface area (Å²) in [6.45, 7) is 6.73. The van der Waals surface area contributed by atoms with Crippen LogP contribution in [0.5, 0.6) is 0 Å². The van der Waals surface area contributed by atoms with Crippen LogP contribution in [0.2, 0.25) is 0 Å². The first kappa shape index (κ1) is 13.9. The number of aryl methyl sites for hydroxylation is 3. The van der Waals surface area contributed by atoms with Crippen molar-refractivity contribution in [2.24, 2.45) is 0 Å². The van der Waals surface area contributed by atoms with Crippen LogP contribution in [0.1, 0.15) is 58.9 Å². The fourth-order valence-corrected chi connectivity index (χ4v) is 3.05. The summed E-state index contributed by atoms with van der Waals surface area (Å²) in [4.78, 5) is 12.5. The van der Waals surface area contributed by atoms with Gasteiger partial charge in [-0.15, -0.1) is 0 Å². The summed E-state index contributed by atoms with van der Waals surface area (Å²) in [6, 6.07) is -0.0827. The summed E-state index contributed by atoms with van der Waals surface area (Å²) in [5.74, 6) is 0.699. The number of hydrogen-bond acceptors (Lipinski definition) is 4. The molecular weight excluding hydrogens is 268 g/mol. The van der Waals surface area contributed by atoms with Gasteiger partial charge in [-0.2, -0.15) is 5.10 Å². The van der Waals surface area contributed by atoms with E-state index in [2.05, 4.69) is 15.6 Å². The lowest BCUT2D eigenvalue weighted by Gasteiger charge is -2.16. The highest BCUT2D eigenvalue weighted by atomic mass is 16.5. The van der Waals surface area contributed by atoms with Crippen LogP contribution in [-0.2, 0) is 13.0 Å². The Morgan fingerprint density at radius 2 is 2.33 bits per heavy atom. The van der Waals surface area contributed by atoms with E-state index in [1.165, 1.54) is 0 Å². The lowest BCUT2D eigenvalue weighted by Crippen LogP contribution is -2.29. The standard InChI is InChI=1S/C15H20N4O2/c1-4-12(14-9(2)18-21-10(14)3)17-15(20)11-8-16-19-7-5-6-13(11)19/h8,12H,4-7H2,1-3H3,(H,17,20). The molecule has 3 rings (SSSR count). The Morgan fingerprint density at radius 3 is 3.00 bits per heavy atom. The Morgan fingerprint density at radius 1 is 1.52 bits per heavy atom. The van der Waals surface area contributed by atoms with Crippen molar-refractivity contribution in [3.63, 3.8) is 0 Å². The number of rotatable bonds is 4. The van der Waals surface area contributed by atoms with Gasteiger partial charge in [0.1, 0.15) is 5.76 Å². The van der Waals surface area contributed by atoms with Gasteiger partial charge in [0.25, 0.3) is 5.91 Å². The van der Waals surface area contributed by atoms with Crippen LogP contribution in [-0.4, -0.2) is 20.8 Å². The summed E-state index contributed by atoms with van der Waals surface area (Å²) in [7, 11) is 0. The molecule has 0 saturated heterocycles. The van der Waals surface area contributed by atoms with Crippen molar-refractivity contribution in [2.45, 2.75) is 52.6 Å². The van der Waals surface area contributed by atoms with E-state index in [-0.39, 0.29) is 11.9 Å². The first-order valence-electron chi connectivity index (χ1n) is 7.40. The molecule has 0 saturated carbocycles. The minimum absolute atomic E-state index is 0.0648. The molecule has 6 heteroatoms. The summed E-state index contributed by atoms with van der Waals surface area (Å²) in [5, 5.41) is 11.3. The Labute approximate surface area is 123 Å². The molecule has 1 atom stereocenters. The average Bonchev–Trinajstić information content (AvgIpc) is 3.13. The Balaban J connectivity index is 1.82. The molecule has 0 bridgehead atoms. The van der Waals surface area contributed by atoms with Crippen LogP contribution in [0.3, 0.4) is 0 Å². The molecular formula is C15H20N4O2. The molecule has 1 amide bonds. The molecule has 1 unspecified atom stereocenters. The third-order valence-electron chi connectivity index (χ3n) is 4.13. The van der Waals surface area contributed by atoms with E-state index in [0.29, 0.717) is 5.56 Å². The van der Waals surface area contributed by atoms with Gasteiger partial charge in [-0.3, -0.25) is 9.48 Å². The predicted octanol–water partition coefficient (Wildman–Crippen LogP) is 2.32. The Hall–Kier alpha value is -2.11. The van der Waals surface area contributed by atoms with Gasteiger partial charge in [0.15, 0.2) is 0 Å². The van der Waals surface area contributed by atoms with Crippen LogP contribution in [0.4, 0.5) is 0 Å². The third-order valence-corrected chi connectivity index (χ3v) is 4.13. The lowest BCUT2D eigenvalue weighted by molar-refractivity contribution is 0.0934. The smallest absolute Gasteiger partial charge is 0.255 e. The maximum Gasteiger partial charge on any atom is 0.255 e. The van der Waals surface area contributed by atoms with Crippen molar-refractivity contribution in [2.75, 3.05) is 0 Å². The lowest BCUT2D eigenvalue weighted by atomic mass is 10.0. The van der Waals surface area contributed by atoms with Crippen LogP contribution >= 0.6 is 0 Å². The maximum atomic E-state index is 12.5. The Bertz CT molecular complexity index is 652. The predicted molar refractivity (Wildman–Crippen MR) is 77.0 cm³/mol. The molecule has 21 heavy (non-hydrogen) atoms. The SMILES string of the molecule is CCC(NC(=O)c1cnn2c1CCC2)c1c(C)noc1C. The second-order valence-electron chi connectivity index (χ2n) is 5.50. The average molecular weight is 288 g/mol. The minimum atomic E-state index is -0.0827. The molecule has 0 aromatic carbocycles. The number of aromatic nitrogens is 3. The van der Waals surface area contributed by atoms with E-state index in [0.717, 1.165) is 48.5 Å². The molecule has 0 fully saturated rings. The first-order valence-corrected chi connectivity index (χ1v) is 7.40. The molecule has 1 aliphatic heterocycles. The fourth-order valence-electron chi connectivity index (χ4n) is 3.05. The van der Waals surface area contributed by atoms with Crippen LogP contribution in [0, 0.1) is 13.8 Å². The molecule has 0 aliphatic carbocycles. The van der Waals surface area contributed by atoms with Crippen LogP contribution < -0.4 is 5.32 Å². The highest BCUT2D eigenvalue weighted by Crippen LogP contribution is 2.25. The van der Waals surface area contributed by atoms with Crippen molar-refractivity contribution in [3.05, 3.63) is 34.5 Å². The molecule has 1 aliphatic rings. The van der Waals surface area contributed by atoms with E-state index in [1.807, 2.05) is 25.5 Å². The second-order valence-corrected chi connectivity index (χ2v) is 5.50. The highest BCUT2D eigenvalue weighted by molar-refractivity contribution is 5.95. The largest absolute Gasteiger partial charge is 0.361 e. The van der Waals surface area contributed by atoms with Crippen LogP contribution in [0.15, 0.2) is 10.7 Å². The van der Waals surface area contributed by atoms with Gasteiger partial charge in [0.05, 0.1) is 29.2 Å². The van der Waals surface area contributed by atoms with Crippen molar-refractivity contribution in [1.82, 2.24) is 20.3 Å². The summed E-state index contributed by atoms with van der Waals surface area (Å²) in [6.07, 6.45) is 4.44. The number of amides is 1. The molecule has 6 nitrogen and oxygen atoms in total. The number of carbonyl (C=O) groups is 1. The second kappa shape index (κ2) is 5.35. The maximum absolute atomic E-state index is 12.5. The first-order chi connectivity index (χ1) is 10.1. The zero-order valence-electron chi connectivity index (χ0n) is 12.6. The number of nitrogens with zero attached hydrogens (tertiary/aromatic N) is 3. The van der Waals surface area contributed by atoms with Gasteiger partial charge in [0, 0.05) is 12.1 Å². The van der Waals surface area contributed by atoms with E-state index in [4.69, 9.17) is 4.52 Å². The number of carbonyl (C=O) groups excluding carboxylic acids is 1. The van der Waals surface area contributed by atoms with E-state index in [1.54, 1.807) is 6.20 Å². The number of fused-ring (bicyclic) bond motifs is 1. The molecule has 3 heterocycles. The van der Waals surface area contributed by atoms with E-state index < -0.39 is 0 Å². The molecule has 0 spiro atoms. The van der Waals surface area contributed by atoms with Gasteiger partial charge < -0.3 is 9.84 Å². The van der Waals surface area contributed by atoms with Crippen molar-refractivity contribution in [3.8, 4) is 0 Å². The minimum Gasteiger partial charge on any atom is -0.361 e. The van der Waals surface area contributed by atoms with Crippen molar-refractivity contribution < 1.29 is 9.32 Å². The van der Waals surface area contributed by atoms with Gasteiger partial charge in [-0.1, -0.05) is 12.1 Å². The quantitative estimate of drug-likeness (QED) is 0.937. The summed E-state index contributed by atoms with van der Waals surface area (Å²) in [5.41, 5.74) is 3.55. The molecule has 2 aromatic heterocycles. The highest BCUT2D eigenvalue weighted by Gasteiger charge is 2.25. The zero-order valence-corrected chi connectivity index (χ0v) is 12.6. The van der Waals surface area contributed by atoms with Crippen molar-refractivity contribution >= 4 is 5.91 Å². The van der Waals surface area contributed by atoms with E-state index in [9.17, 15) is 4.79 Å². The van der Waals surface area contributed by atoms with Crippen LogP contribution in [0.25, 0.3) is 0 Å². The Kier molecular flexibility index (Phi) is 3.53. The molecule has 2 aromatic rings. The summed E-state index contributed by atoms with van der Waals surface area (Å²) >= 11 is 0. The number of nitrogens with one attached hydrogen (secondary N) is 1. The fraction of sp³-hybridized carbons (Fsp3) is 0.533. The molecule has 112 valence electrons. The topological polar surface area (TPSA) is 73.0 Å². The number of hydrogen-bond donors (Lipinski definition) is 1. The van der Waals surface area contributed by atoms with Gasteiger partial charge >= 0.3 is 0 Å². The monoisotopic (exact) mass is 288 g/mol. The van der Waals surface area contributed by atoms with Gasteiger partial charge in [0.2, 0.25) is 0 Å². The van der Waals surface area contributed by atoms with E-state index >= 15 is 0 Å². The summed E-state index contributed by atoms with van der Waals surface area (Å²) < 4.78 is 7.13. The normalized spacial score (nSPS) is 15.0. The zero-order chi connectivity index (χ0) is 15.0.